The normalized spacial score (nSPS) is 17.1. The van der Waals surface area contributed by atoms with Gasteiger partial charge in [0.05, 0.1) is 13.2 Å². The average Bonchev–Trinajstić information content (AvgIpc) is 3.19. The van der Waals surface area contributed by atoms with E-state index in [0.29, 0.717) is 4.45 Å². The van der Waals surface area contributed by atoms with Crippen LogP contribution in [0, 0.1) is 0 Å². The van der Waals surface area contributed by atoms with Crippen LogP contribution in [0.4, 0.5) is 0 Å². The van der Waals surface area contributed by atoms with Gasteiger partial charge in [0.1, 0.15) is 0 Å². The van der Waals surface area contributed by atoms with Crippen LogP contribution in [0.5, 0.6) is 0 Å². The van der Waals surface area contributed by atoms with E-state index in [-0.39, 0.29) is 24.5 Å². The minimum atomic E-state index is -4.22. The van der Waals surface area contributed by atoms with Gasteiger partial charge in [-0.3, -0.25) is 0 Å². The molecule has 1 aromatic heterocycles. The highest BCUT2D eigenvalue weighted by molar-refractivity contribution is 7.51. The van der Waals surface area contributed by atoms with E-state index < -0.39 is 13.5 Å². The third kappa shape index (κ3) is 3.27. The zero-order valence-electron chi connectivity index (χ0n) is 12.2. The van der Waals surface area contributed by atoms with Crippen LogP contribution in [-0.4, -0.2) is 22.8 Å². The van der Waals surface area contributed by atoms with Crippen LogP contribution in [0.3, 0.4) is 0 Å². The maximum absolute atomic E-state index is 12.5. The lowest BCUT2D eigenvalue weighted by Crippen LogP contribution is -2.18. The van der Waals surface area contributed by atoms with Gasteiger partial charge in [-0.2, -0.15) is 0 Å². The fourth-order valence-electron chi connectivity index (χ4n) is 1.82. The molecule has 0 amide bonds. The lowest BCUT2D eigenvalue weighted by atomic mass is 10.0. The average molecular weight is 322 g/mol. The van der Waals surface area contributed by atoms with E-state index in [0.717, 1.165) is 19.3 Å². The fourth-order valence-corrected chi connectivity index (χ4v) is 2.88. The van der Waals surface area contributed by atoms with Crippen LogP contribution in [0.2, 0.25) is 0 Å². The first-order chi connectivity index (χ1) is 10.0. The standard InChI is InChI=1S/C11H19N2O7P/c1-4-11(7-8-11)9-12-13(10(14)18-9)21(15,19-16-5-2)20-17-6-3/h4-8H2,1-3H3. The molecule has 0 aromatic carbocycles. The molecule has 0 aliphatic heterocycles. The smallest absolute Gasteiger partial charge is 0.391 e. The quantitative estimate of drug-likeness (QED) is 0.387. The second-order valence-electron chi connectivity index (χ2n) is 4.63. The second-order valence-corrected chi connectivity index (χ2v) is 6.24. The highest BCUT2D eigenvalue weighted by atomic mass is 31.2. The summed E-state index contributed by atoms with van der Waals surface area (Å²) in [5.74, 6) is -0.706. The maximum Gasteiger partial charge on any atom is 0.515 e. The molecular weight excluding hydrogens is 303 g/mol. The van der Waals surface area contributed by atoms with Gasteiger partial charge >= 0.3 is 13.5 Å². The largest absolute Gasteiger partial charge is 0.515 e. The molecule has 9 nitrogen and oxygen atoms in total. The van der Waals surface area contributed by atoms with E-state index in [2.05, 4.69) is 24.2 Å². The molecule has 0 unspecified atom stereocenters. The number of rotatable bonds is 9. The summed E-state index contributed by atoms with van der Waals surface area (Å²) in [6.45, 7) is 5.44. The van der Waals surface area contributed by atoms with E-state index in [1.165, 1.54) is 0 Å². The lowest BCUT2D eigenvalue weighted by Gasteiger charge is -2.13. The SMILES string of the molecule is CCOOP(=O)(OOCC)n1nc(C2(CC)CC2)oc1=O. The zero-order chi connectivity index (χ0) is 15.5. The third-order valence-electron chi connectivity index (χ3n) is 3.28. The first kappa shape index (κ1) is 16.4. The lowest BCUT2D eigenvalue weighted by molar-refractivity contribution is -0.265. The predicted molar refractivity (Wildman–Crippen MR) is 70.4 cm³/mol. The molecule has 120 valence electrons. The summed E-state index contributed by atoms with van der Waals surface area (Å²) in [5, 5.41) is 3.96. The highest BCUT2D eigenvalue weighted by Crippen LogP contribution is 2.52. The van der Waals surface area contributed by atoms with Gasteiger partial charge in [0.25, 0.3) is 0 Å². The van der Waals surface area contributed by atoms with E-state index in [1.807, 2.05) is 6.92 Å². The molecule has 1 saturated carbocycles. The summed E-state index contributed by atoms with van der Waals surface area (Å²) in [6, 6.07) is 0. The van der Waals surface area contributed by atoms with Crippen LogP contribution >= 0.6 is 7.75 Å². The Morgan fingerprint density at radius 3 is 2.24 bits per heavy atom. The van der Waals surface area contributed by atoms with Crippen molar-refractivity contribution in [3.8, 4) is 0 Å². The minimum absolute atomic E-state index is 0.109. The molecule has 1 fully saturated rings. The van der Waals surface area contributed by atoms with Crippen LogP contribution < -0.4 is 5.76 Å². The summed E-state index contributed by atoms with van der Waals surface area (Å²) in [7, 11) is -4.22. The number of nitrogens with zero attached hydrogens (tertiary/aromatic N) is 2. The summed E-state index contributed by atoms with van der Waals surface area (Å²) in [4.78, 5) is 21.2. The van der Waals surface area contributed by atoms with Crippen molar-refractivity contribution in [3.63, 3.8) is 0 Å². The van der Waals surface area contributed by atoms with Crippen LogP contribution in [0.25, 0.3) is 0 Å². The molecule has 0 spiro atoms. The monoisotopic (exact) mass is 322 g/mol. The molecule has 1 aromatic rings. The van der Waals surface area contributed by atoms with Gasteiger partial charge in [0, 0.05) is 5.41 Å². The molecule has 1 aliphatic carbocycles. The van der Waals surface area contributed by atoms with Crippen molar-refractivity contribution in [2.75, 3.05) is 13.2 Å². The van der Waals surface area contributed by atoms with Gasteiger partial charge in [0.2, 0.25) is 5.89 Å². The molecule has 0 saturated heterocycles. The molecule has 10 heteroatoms. The van der Waals surface area contributed by atoms with Crippen LogP contribution in [0.1, 0.15) is 45.9 Å². The van der Waals surface area contributed by atoms with E-state index >= 15 is 0 Å². The molecule has 0 bridgehead atoms. The summed E-state index contributed by atoms with van der Waals surface area (Å²) in [6.07, 6.45) is 2.51. The zero-order valence-corrected chi connectivity index (χ0v) is 13.1. The van der Waals surface area contributed by atoms with Gasteiger partial charge in [-0.05, 0) is 33.1 Å². The summed E-state index contributed by atoms with van der Waals surface area (Å²) in [5.41, 5.74) is -0.257. The van der Waals surface area contributed by atoms with Gasteiger partial charge in [-0.25, -0.2) is 19.1 Å². The molecule has 2 rings (SSSR count). The van der Waals surface area contributed by atoms with Gasteiger partial charge < -0.3 is 4.42 Å². The Morgan fingerprint density at radius 2 is 1.81 bits per heavy atom. The van der Waals surface area contributed by atoms with Crippen molar-refractivity contribution in [1.82, 2.24) is 9.55 Å². The van der Waals surface area contributed by atoms with E-state index in [9.17, 15) is 9.36 Å². The fraction of sp³-hybridized carbons (Fsp3) is 0.818. The topological polar surface area (TPSA) is 102 Å². The maximum atomic E-state index is 12.5. The van der Waals surface area contributed by atoms with Crippen molar-refractivity contribution < 1.29 is 28.1 Å². The van der Waals surface area contributed by atoms with Gasteiger partial charge in [0.15, 0.2) is 0 Å². The van der Waals surface area contributed by atoms with Gasteiger partial charge in [-0.15, -0.1) is 14.4 Å². The number of hydrogen-bond acceptors (Lipinski definition) is 8. The van der Waals surface area contributed by atoms with E-state index in [1.54, 1.807) is 13.8 Å². The molecular formula is C11H19N2O7P. The molecule has 0 atom stereocenters. The molecule has 0 N–H and O–H groups in total. The third-order valence-corrected chi connectivity index (χ3v) is 4.58. The molecule has 1 heterocycles. The number of aromatic nitrogens is 2. The molecule has 21 heavy (non-hydrogen) atoms. The molecule has 0 radical (unpaired) electrons. The first-order valence-electron chi connectivity index (χ1n) is 6.85. The van der Waals surface area contributed by atoms with Crippen molar-refractivity contribution >= 4 is 7.75 Å². The Hall–Kier alpha value is -0.990. The predicted octanol–water partition coefficient (Wildman–Crippen LogP) is 2.17. The van der Waals surface area contributed by atoms with E-state index in [4.69, 9.17) is 4.42 Å². The van der Waals surface area contributed by atoms with Crippen molar-refractivity contribution in [1.29, 1.82) is 0 Å². The Bertz CT molecular complexity index is 565. The van der Waals surface area contributed by atoms with Crippen LogP contribution in [0.15, 0.2) is 9.21 Å². The highest BCUT2D eigenvalue weighted by Gasteiger charge is 2.49. The Balaban J connectivity index is 2.31. The summed E-state index contributed by atoms with van der Waals surface area (Å²) >= 11 is 0. The molecule has 1 aliphatic rings. The van der Waals surface area contributed by atoms with Crippen molar-refractivity contribution in [3.05, 3.63) is 16.4 Å². The first-order valence-corrected chi connectivity index (χ1v) is 8.35. The Morgan fingerprint density at radius 1 is 1.24 bits per heavy atom. The Kier molecular flexibility index (Phi) is 5.00. The van der Waals surface area contributed by atoms with Crippen molar-refractivity contribution in [2.24, 2.45) is 0 Å². The van der Waals surface area contributed by atoms with Crippen LogP contribution in [-0.2, 0) is 29.1 Å². The van der Waals surface area contributed by atoms with Crippen molar-refractivity contribution in [2.45, 2.75) is 45.4 Å². The van der Waals surface area contributed by atoms with Gasteiger partial charge in [-0.1, -0.05) is 11.4 Å². The minimum Gasteiger partial charge on any atom is -0.391 e. The second kappa shape index (κ2) is 6.41. The number of hydrogen-bond donors (Lipinski definition) is 0. The summed E-state index contributed by atoms with van der Waals surface area (Å²) < 4.78 is 27.5. The Labute approximate surface area is 121 Å².